The molecular formula is C30H53B3S. The van der Waals surface area contributed by atoms with Crippen molar-refractivity contribution in [3.05, 3.63) is 23.8 Å². The van der Waals surface area contributed by atoms with Crippen LogP contribution < -0.4 is 0 Å². The number of thiol groups is 1. The van der Waals surface area contributed by atoms with Crippen molar-refractivity contribution in [3.63, 3.8) is 0 Å². The third-order valence-electron chi connectivity index (χ3n) is 13.8. The van der Waals surface area contributed by atoms with Crippen LogP contribution in [-0.2, 0) is 0 Å². The van der Waals surface area contributed by atoms with E-state index in [1.807, 2.05) is 0 Å². The van der Waals surface area contributed by atoms with Crippen molar-refractivity contribution < 1.29 is 0 Å². The predicted molar refractivity (Wildman–Crippen MR) is 163 cm³/mol. The second kappa shape index (κ2) is 8.53. The summed E-state index contributed by atoms with van der Waals surface area (Å²) in [4.78, 5) is 0. The zero-order valence-electron chi connectivity index (χ0n) is 24.4. The van der Waals surface area contributed by atoms with E-state index in [1.54, 1.807) is 5.57 Å². The molecule has 0 aromatic heterocycles. The minimum Gasteiger partial charge on any atom is -0.172 e. The highest BCUT2D eigenvalue weighted by Crippen LogP contribution is 2.87. The van der Waals surface area contributed by atoms with Gasteiger partial charge in [0.25, 0.3) is 0 Å². The Labute approximate surface area is 221 Å². The highest BCUT2D eigenvalue weighted by Gasteiger charge is 2.76. The summed E-state index contributed by atoms with van der Waals surface area (Å²) >= 11 is 5.89. The Kier molecular flexibility index (Phi) is 6.79. The van der Waals surface area contributed by atoms with Crippen LogP contribution in [0.25, 0.3) is 0 Å². The first-order valence-corrected chi connectivity index (χ1v) is 15.2. The number of rotatable bonds is 5. The Balaban J connectivity index is 1.75. The predicted octanol–water partition coefficient (Wildman–Crippen LogP) is 6.66. The van der Waals surface area contributed by atoms with Gasteiger partial charge in [-0.25, -0.2) is 0 Å². The molecule has 0 saturated heterocycles. The summed E-state index contributed by atoms with van der Waals surface area (Å²) in [6.07, 6.45) is 19.8. The lowest BCUT2D eigenvalue weighted by Crippen LogP contribution is -2.65. The summed E-state index contributed by atoms with van der Waals surface area (Å²) in [5.74, 6) is 2.77. The number of hydrogen-bond donors (Lipinski definition) is 1. The fourth-order valence-electron chi connectivity index (χ4n) is 10.4. The maximum atomic E-state index is 5.89. The molecule has 9 unspecified atom stereocenters. The van der Waals surface area contributed by atoms with Gasteiger partial charge in [0.15, 0.2) is 0 Å². The van der Waals surface area contributed by atoms with Crippen molar-refractivity contribution in [2.75, 3.05) is 0 Å². The maximum Gasteiger partial charge on any atom is 0.111 e. The summed E-state index contributed by atoms with van der Waals surface area (Å²) in [7, 11) is 8.01. The van der Waals surface area contributed by atoms with E-state index in [0.29, 0.717) is 27.9 Å². The maximum absolute atomic E-state index is 5.89. The molecule has 4 heteroatoms. The van der Waals surface area contributed by atoms with Crippen LogP contribution in [0.15, 0.2) is 23.8 Å². The van der Waals surface area contributed by atoms with Gasteiger partial charge in [0.05, 0.1) is 0 Å². The lowest BCUT2D eigenvalue weighted by Gasteiger charge is -2.74. The Morgan fingerprint density at radius 1 is 1.00 bits per heavy atom. The Bertz CT molecular complexity index is 867. The van der Waals surface area contributed by atoms with Crippen molar-refractivity contribution in [1.82, 2.24) is 0 Å². The molecule has 0 bridgehead atoms. The van der Waals surface area contributed by atoms with E-state index < -0.39 is 0 Å². The van der Waals surface area contributed by atoms with Crippen molar-refractivity contribution in [3.8, 4) is 0 Å². The normalized spacial score (nSPS) is 50.4. The van der Waals surface area contributed by atoms with E-state index in [2.05, 4.69) is 90.2 Å². The molecule has 0 N–H and O–H groups in total. The van der Waals surface area contributed by atoms with Gasteiger partial charge in [-0.3, -0.25) is 0 Å². The van der Waals surface area contributed by atoms with Crippen LogP contribution >= 0.6 is 12.6 Å². The van der Waals surface area contributed by atoms with Crippen molar-refractivity contribution >= 4 is 36.2 Å². The van der Waals surface area contributed by atoms with Crippen LogP contribution in [0.2, 0.25) is 15.9 Å². The molecule has 9 atom stereocenters. The van der Waals surface area contributed by atoms with E-state index in [-0.39, 0.29) is 15.5 Å². The van der Waals surface area contributed by atoms with Gasteiger partial charge < -0.3 is 0 Å². The van der Waals surface area contributed by atoms with Gasteiger partial charge in [-0.1, -0.05) is 91.5 Å². The number of fused-ring (bicyclic) bond motifs is 5. The average molecular weight is 478 g/mol. The second-order valence-electron chi connectivity index (χ2n) is 14.8. The largest absolute Gasteiger partial charge is 0.172 e. The second-order valence-corrected chi connectivity index (χ2v) is 15.5. The molecule has 4 aliphatic rings. The fourth-order valence-corrected chi connectivity index (χ4v) is 11.2. The summed E-state index contributed by atoms with van der Waals surface area (Å²) < 4.78 is 0.0811. The quantitative estimate of drug-likeness (QED) is 0.255. The number of allylic oxidation sites excluding steroid dienone is 4. The molecule has 0 radical (unpaired) electrons. The Hall–Kier alpha value is 0.0248. The SMILES string of the molecule is BC1(C(C)/C=C/C(CC)C(C)C)CCC2(S)C3(B)CC=C4C(C)CCCC4(C)C3(B)CCC12C. The fraction of sp³-hybridized carbons (Fsp3) is 0.867. The molecule has 0 aliphatic heterocycles. The topological polar surface area (TPSA) is 0 Å². The molecule has 3 fully saturated rings. The standard InChI is InChI=1S/C30H53B3S/c1-8-23(20(2)3)12-11-22(5)27(31)17-19-30(34)26(27,7)16-18-28(32)25(6)14-9-10-21(4)24(25)13-15-29(28,30)33/h11-13,20-23,34H,8-10,14-19,31-33H2,1-7H3/b12-11+. The van der Waals surface area contributed by atoms with E-state index in [1.165, 1.54) is 57.8 Å². The van der Waals surface area contributed by atoms with Crippen molar-refractivity contribution in [2.24, 2.45) is 34.5 Å². The monoisotopic (exact) mass is 478 g/mol. The van der Waals surface area contributed by atoms with Gasteiger partial charge >= 0.3 is 0 Å². The van der Waals surface area contributed by atoms with Gasteiger partial charge in [0, 0.05) is 4.75 Å². The van der Waals surface area contributed by atoms with Gasteiger partial charge in [0.1, 0.15) is 23.5 Å². The van der Waals surface area contributed by atoms with Crippen LogP contribution in [0.3, 0.4) is 0 Å². The van der Waals surface area contributed by atoms with Crippen LogP contribution in [0.1, 0.15) is 106 Å². The van der Waals surface area contributed by atoms with Crippen LogP contribution in [0.5, 0.6) is 0 Å². The summed E-state index contributed by atoms with van der Waals surface area (Å²) in [6.45, 7) is 17.4. The first-order valence-electron chi connectivity index (χ1n) is 14.8. The molecular weight excluding hydrogens is 425 g/mol. The van der Waals surface area contributed by atoms with Gasteiger partial charge in [0.2, 0.25) is 0 Å². The molecule has 0 aromatic carbocycles. The van der Waals surface area contributed by atoms with E-state index in [4.69, 9.17) is 12.6 Å². The molecule has 0 nitrogen and oxygen atoms in total. The van der Waals surface area contributed by atoms with Gasteiger partial charge in [-0.15, -0.1) is 0 Å². The Morgan fingerprint density at radius 2 is 1.68 bits per heavy atom. The zero-order valence-corrected chi connectivity index (χ0v) is 25.2. The van der Waals surface area contributed by atoms with Gasteiger partial charge in [-0.2, -0.15) is 12.6 Å². The van der Waals surface area contributed by atoms with E-state index in [9.17, 15) is 0 Å². The Morgan fingerprint density at radius 3 is 2.29 bits per heavy atom. The molecule has 4 rings (SSSR count). The lowest BCUT2D eigenvalue weighted by molar-refractivity contribution is -0.00341. The van der Waals surface area contributed by atoms with Crippen molar-refractivity contribution in [1.29, 1.82) is 0 Å². The first kappa shape index (κ1) is 27.1. The van der Waals surface area contributed by atoms with Gasteiger partial charge in [-0.05, 0) is 89.0 Å². The third-order valence-corrected chi connectivity index (χ3v) is 15.1. The molecule has 4 aliphatic carbocycles. The number of hydrogen-bond acceptors (Lipinski definition) is 1. The highest BCUT2D eigenvalue weighted by atomic mass is 32.1. The smallest absolute Gasteiger partial charge is 0.111 e. The molecule has 0 aromatic rings. The molecule has 0 spiro atoms. The summed E-state index contributed by atoms with van der Waals surface area (Å²) in [5.41, 5.74) is 2.39. The van der Waals surface area contributed by atoms with E-state index >= 15 is 0 Å². The molecule has 3 saturated carbocycles. The minimum atomic E-state index is 0.0811. The minimum absolute atomic E-state index is 0.0811. The van der Waals surface area contributed by atoms with Crippen LogP contribution in [0, 0.1) is 34.5 Å². The first-order chi connectivity index (χ1) is 15.7. The summed E-state index contributed by atoms with van der Waals surface area (Å²) in [5, 5.41) is 0.863. The van der Waals surface area contributed by atoms with Crippen LogP contribution in [-0.4, -0.2) is 28.3 Å². The molecule has 0 amide bonds. The molecule has 0 heterocycles. The summed E-state index contributed by atoms with van der Waals surface area (Å²) in [6, 6.07) is 0. The average Bonchev–Trinajstić information content (AvgIpc) is 2.99. The molecule has 34 heavy (non-hydrogen) atoms. The van der Waals surface area contributed by atoms with Crippen molar-refractivity contribution in [2.45, 2.75) is 127 Å². The molecule has 188 valence electrons. The zero-order chi connectivity index (χ0) is 25.4. The highest BCUT2D eigenvalue weighted by molar-refractivity contribution is 7.82. The van der Waals surface area contributed by atoms with E-state index in [0.717, 1.165) is 11.8 Å². The lowest BCUT2D eigenvalue weighted by atomic mass is 9.22. The third kappa shape index (κ3) is 3.14. The van der Waals surface area contributed by atoms with Crippen LogP contribution in [0.4, 0.5) is 0 Å².